The third kappa shape index (κ3) is 4.65. The maximum atomic E-state index is 9.86. The van der Waals surface area contributed by atoms with Gasteiger partial charge in [-0.25, -0.2) is 0 Å². The molecular weight excluding hydrogens is 264 g/mol. The molecule has 6 nitrogen and oxygen atoms in total. The minimum atomic E-state index is -1.39. The summed E-state index contributed by atoms with van der Waals surface area (Å²) in [7, 11) is 0. The van der Waals surface area contributed by atoms with Crippen molar-refractivity contribution >= 4 is 0 Å². The highest BCUT2D eigenvalue weighted by molar-refractivity contribution is 4.89. The van der Waals surface area contributed by atoms with Crippen LogP contribution in [0.4, 0.5) is 0 Å². The molecule has 0 aromatic carbocycles. The summed E-state index contributed by atoms with van der Waals surface area (Å²) in [6.07, 6.45) is -5.09. The molecule has 1 aliphatic heterocycles. The molecule has 1 saturated heterocycles. The lowest BCUT2D eigenvalue weighted by atomic mass is 9.85. The van der Waals surface area contributed by atoms with E-state index in [0.29, 0.717) is 12.5 Å². The first kappa shape index (κ1) is 17.8. The Morgan fingerprint density at radius 2 is 1.70 bits per heavy atom. The second kappa shape index (κ2) is 7.15. The first-order chi connectivity index (χ1) is 9.18. The summed E-state index contributed by atoms with van der Waals surface area (Å²) in [5, 5.41) is 38.3. The van der Waals surface area contributed by atoms with Crippen molar-refractivity contribution in [3.05, 3.63) is 0 Å². The fraction of sp³-hybridized carbons (Fsp3) is 1.00. The quantitative estimate of drug-likeness (QED) is 0.544. The van der Waals surface area contributed by atoms with Gasteiger partial charge in [0, 0.05) is 0 Å². The lowest BCUT2D eigenvalue weighted by Gasteiger charge is -2.40. The van der Waals surface area contributed by atoms with Crippen LogP contribution in [0.1, 0.15) is 34.1 Å². The molecule has 5 atom stereocenters. The Morgan fingerprint density at radius 3 is 2.20 bits per heavy atom. The Hall–Kier alpha value is -0.240. The zero-order valence-electron chi connectivity index (χ0n) is 12.7. The van der Waals surface area contributed by atoms with Crippen molar-refractivity contribution < 1.29 is 29.9 Å². The predicted molar refractivity (Wildman–Crippen MR) is 73.0 cm³/mol. The van der Waals surface area contributed by atoms with Gasteiger partial charge in [-0.05, 0) is 17.8 Å². The van der Waals surface area contributed by atoms with Crippen LogP contribution in [0, 0.1) is 11.3 Å². The van der Waals surface area contributed by atoms with Gasteiger partial charge in [-0.1, -0.05) is 27.7 Å². The first-order valence-corrected chi connectivity index (χ1v) is 7.10. The van der Waals surface area contributed by atoms with Crippen LogP contribution in [-0.2, 0) is 9.47 Å². The second-order valence-corrected chi connectivity index (χ2v) is 6.77. The van der Waals surface area contributed by atoms with Crippen LogP contribution in [0.5, 0.6) is 0 Å². The Morgan fingerprint density at radius 1 is 1.10 bits per heavy atom. The fourth-order valence-corrected chi connectivity index (χ4v) is 2.68. The molecule has 120 valence electrons. The van der Waals surface area contributed by atoms with Crippen LogP contribution in [0.15, 0.2) is 0 Å². The van der Waals surface area contributed by atoms with Gasteiger partial charge in [0.1, 0.15) is 24.4 Å². The minimum absolute atomic E-state index is 0.0903. The first-order valence-electron chi connectivity index (χ1n) is 7.10. The van der Waals surface area contributed by atoms with E-state index < -0.39 is 37.3 Å². The summed E-state index contributed by atoms with van der Waals surface area (Å²) >= 11 is 0. The van der Waals surface area contributed by atoms with E-state index in [2.05, 4.69) is 27.7 Å². The van der Waals surface area contributed by atoms with Crippen molar-refractivity contribution in [2.75, 3.05) is 13.2 Å². The van der Waals surface area contributed by atoms with Gasteiger partial charge >= 0.3 is 0 Å². The van der Waals surface area contributed by atoms with Crippen LogP contribution < -0.4 is 0 Å². The molecule has 4 N–H and O–H groups in total. The van der Waals surface area contributed by atoms with E-state index in [9.17, 15) is 15.3 Å². The minimum Gasteiger partial charge on any atom is -0.394 e. The Balaban J connectivity index is 2.58. The summed E-state index contributed by atoms with van der Waals surface area (Å²) < 4.78 is 10.9. The van der Waals surface area contributed by atoms with Gasteiger partial charge in [-0.2, -0.15) is 0 Å². The molecule has 0 bridgehead atoms. The number of ether oxygens (including phenoxy) is 2. The van der Waals surface area contributed by atoms with E-state index >= 15 is 0 Å². The van der Waals surface area contributed by atoms with E-state index in [1.807, 2.05) is 0 Å². The summed E-state index contributed by atoms with van der Waals surface area (Å²) in [4.78, 5) is 0. The Bertz CT molecular complexity index is 291. The molecule has 0 spiro atoms. The highest BCUT2D eigenvalue weighted by Gasteiger charge is 2.44. The van der Waals surface area contributed by atoms with Crippen molar-refractivity contribution in [3.8, 4) is 0 Å². The molecule has 6 heteroatoms. The van der Waals surface area contributed by atoms with Gasteiger partial charge < -0.3 is 29.9 Å². The molecule has 0 aliphatic carbocycles. The molecule has 0 amide bonds. The van der Waals surface area contributed by atoms with Gasteiger partial charge in [0.2, 0.25) is 0 Å². The molecule has 1 fully saturated rings. The SMILES string of the molecule is CC(C)CC(C)(C)CO[C@@H]1O[C@H](CO)[C@@H](O)[C@H](O)[C@H]1O. The molecule has 0 aromatic rings. The number of hydrogen-bond donors (Lipinski definition) is 4. The Labute approximate surface area is 120 Å². The Kier molecular flexibility index (Phi) is 6.37. The molecule has 1 aliphatic rings. The fourth-order valence-electron chi connectivity index (χ4n) is 2.68. The third-order valence-corrected chi connectivity index (χ3v) is 3.45. The van der Waals surface area contributed by atoms with Gasteiger partial charge in [0.05, 0.1) is 13.2 Å². The van der Waals surface area contributed by atoms with Crippen LogP contribution >= 0.6 is 0 Å². The van der Waals surface area contributed by atoms with Gasteiger partial charge in [0.15, 0.2) is 6.29 Å². The molecule has 20 heavy (non-hydrogen) atoms. The number of hydrogen-bond acceptors (Lipinski definition) is 6. The zero-order chi connectivity index (χ0) is 15.5. The number of aliphatic hydroxyl groups is 4. The van der Waals surface area contributed by atoms with Crippen molar-refractivity contribution in [1.29, 1.82) is 0 Å². The lowest BCUT2D eigenvalue weighted by Crippen LogP contribution is -2.59. The molecule has 0 radical (unpaired) electrons. The standard InChI is InChI=1S/C14H28O6/c1-8(2)5-14(3,4)7-19-13-12(18)11(17)10(16)9(6-15)20-13/h8-13,15-18H,5-7H2,1-4H3/t9-,10-,11+,12-,13-/m1/s1. The number of rotatable bonds is 6. The summed E-state index contributed by atoms with van der Waals surface area (Å²) in [5.41, 5.74) is -0.0903. The van der Waals surface area contributed by atoms with Crippen LogP contribution in [-0.4, -0.2) is 64.3 Å². The number of aliphatic hydroxyl groups excluding tert-OH is 4. The van der Waals surface area contributed by atoms with Crippen LogP contribution in [0.2, 0.25) is 0 Å². The summed E-state index contributed by atoms with van der Waals surface area (Å²) in [6.45, 7) is 8.26. The van der Waals surface area contributed by atoms with Crippen molar-refractivity contribution in [2.24, 2.45) is 11.3 Å². The molecule has 0 unspecified atom stereocenters. The molecule has 0 aromatic heterocycles. The third-order valence-electron chi connectivity index (χ3n) is 3.45. The van der Waals surface area contributed by atoms with Crippen molar-refractivity contribution in [3.63, 3.8) is 0 Å². The summed E-state index contributed by atoms with van der Waals surface area (Å²) in [6, 6.07) is 0. The highest BCUT2D eigenvalue weighted by Crippen LogP contribution is 2.28. The molecule has 0 saturated carbocycles. The normalized spacial score (nSPS) is 35.5. The monoisotopic (exact) mass is 292 g/mol. The van der Waals surface area contributed by atoms with E-state index in [4.69, 9.17) is 14.6 Å². The van der Waals surface area contributed by atoms with E-state index in [1.54, 1.807) is 0 Å². The van der Waals surface area contributed by atoms with Crippen molar-refractivity contribution in [1.82, 2.24) is 0 Å². The van der Waals surface area contributed by atoms with Gasteiger partial charge in [-0.15, -0.1) is 0 Å². The predicted octanol–water partition coefficient (Wildman–Crippen LogP) is -0.125. The molecule has 1 rings (SSSR count). The second-order valence-electron chi connectivity index (χ2n) is 6.77. The van der Waals surface area contributed by atoms with Crippen molar-refractivity contribution in [2.45, 2.75) is 64.8 Å². The smallest absolute Gasteiger partial charge is 0.186 e. The summed E-state index contributed by atoms with van der Waals surface area (Å²) in [5.74, 6) is 0.517. The highest BCUT2D eigenvalue weighted by atomic mass is 16.7. The van der Waals surface area contributed by atoms with Crippen LogP contribution in [0.25, 0.3) is 0 Å². The average Bonchev–Trinajstić information content (AvgIpc) is 2.34. The van der Waals surface area contributed by atoms with E-state index in [0.717, 1.165) is 6.42 Å². The maximum Gasteiger partial charge on any atom is 0.186 e. The largest absolute Gasteiger partial charge is 0.394 e. The maximum absolute atomic E-state index is 9.86. The van der Waals surface area contributed by atoms with Gasteiger partial charge in [-0.3, -0.25) is 0 Å². The van der Waals surface area contributed by atoms with Crippen LogP contribution in [0.3, 0.4) is 0 Å². The van der Waals surface area contributed by atoms with E-state index in [1.165, 1.54) is 0 Å². The topological polar surface area (TPSA) is 99.4 Å². The lowest BCUT2D eigenvalue weighted by molar-refractivity contribution is -0.305. The average molecular weight is 292 g/mol. The molecular formula is C14H28O6. The van der Waals surface area contributed by atoms with Gasteiger partial charge in [0.25, 0.3) is 0 Å². The van der Waals surface area contributed by atoms with E-state index in [-0.39, 0.29) is 5.41 Å². The zero-order valence-corrected chi connectivity index (χ0v) is 12.7. The molecule has 1 heterocycles.